The van der Waals surface area contributed by atoms with Crippen molar-refractivity contribution < 1.29 is 19.1 Å². The quantitative estimate of drug-likeness (QED) is 0.779. The minimum atomic E-state index is -0.558. The normalized spacial score (nSPS) is 13.4. The molecule has 0 radical (unpaired) electrons. The molecule has 1 heterocycles. The fourth-order valence-corrected chi connectivity index (χ4v) is 2.98. The Morgan fingerprint density at radius 3 is 2.54 bits per heavy atom. The molecule has 2 aromatic rings. The van der Waals surface area contributed by atoms with Gasteiger partial charge in [0.1, 0.15) is 0 Å². The van der Waals surface area contributed by atoms with Crippen molar-refractivity contribution in [2.24, 2.45) is 0 Å². The zero-order chi connectivity index (χ0) is 20.1. The molecule has 28 heavy (non-hydrogen) atoms. The van der Waals surface area contributed by atoms with E-state index in [9.17, 15) is 14.4 Å². The molecule has 7 heteroatoms. The van der Waals surface area contributed by atoms with Crippen molar-refractivity contribution in [1.29, 1.82) is 0 Å². The Balaban J connectivity index is 1.54. The topological polar surface area (TPSA) is 79.0 Å². The van der Waals surface area contributed by atoms with Gasteiger partial charge in [-0.05, 0) is 48.9 Å². The minimum Gasteiger partial charge on any atom is -0.452 e. The number of nitrogens with one attached hydrogen (secondary N) is 1. The zero-order valence-electron chi connectivity index (χ0n) is 16.0. The highest BCUT2D eigenvalue weighted by Crippen LogP contribution is 2.24. The summed E-state index contributed by atoms with van der Waals surface area (Å²) in [4.78, 5) is 39.7. The maximum atomic E-state index is 12.1. The van der Waals surface area contributed by atoms with Crippen LogP contribution in [0.5, 0.6) is 0 Å². The summed E-state index contributed by atoms with van der Waals surface area (Å²) >= 11 is 0. The van der Waals surface area contributed by atoms with E-state index >= 15 is 0 Å². The number of hydrogen-bond donors (Lipinski definition) is 1. The highest BCUT2D eigenvalue weighted by molar-refractivity contribution is 5.98. The molecule has 1 saturated heterocycles. The summed E-state index contributed by atoms with van der Waals surface area (Å²) in [5, 5.41) is 2.69. The summed E-state index contributed by atoms with van der Waals surface area (Å²) in [6.45, 7) is 0.293. The van der Waals surface area contributed by atoms with E-state index in [1.807, 2.05) is 37.2 Å². The molecule has 0 unspecified atom stereocenters. The number of ether oxygens (including phenoxy) is 1. The van der Waals surface area contributed by atoms with Gasteiger partial charge in [0.15, 0.2) is 6.61 Å². The molecular weight excluding hydrogens is 358 g/mol. The second-order valence-corrected chi connectivity index (χ2v) is 6.76. The third kappa shape index (κ3) is 4.68. The maximum absolute atomic E-state index is 12.1. The Morgan fingerprint density at radius 1 is 1.14 bits per heavy atom. The Kier molecular flexibility index (Phi) is 5.93. The molecule has 1 aliphatic rings. The van der Waals surface area contributed by atoms with E-state index in [2.05, 4.69) is 5.32 Å². The first kappa shape index (κ1) is 19.4. The van der Waals surface area contributed by atoms with E-state index in [0.29, 0.717) is 24.2 Å². The Morgan fingerprint density at radius 2 is 1.89 bits per heavy atom. The first-order valence-electron chi connectivity index (χ1n) is 9.09. The van der Waals surface area contributed by atoms with Crippen LogP contribution in [0, 0.1) is 0 Å². The highest BCUT2D eigenvalue weighted by Gasteiger charge is 2.21. The van der Waals surface area contributed by atoms with Crippen molar-refractivity contribution in [3.8, 4) is 0 Å². The van der Waals surface area contributed by atoms with Crippen molar-refractivity contribution in [3.63, 3.8) is 0 Å². The minimum absolute atomic E-state index is 0.0812. The summed E-state index contributed by atoms with van der Waals surface area (Å²) in [6.07, 6.45) is 1.38. The van der Waals surface area contributed by atoms with Gasteiger partial charge in [-0.1, -0.05) is 6.07 Å². The highest BCUT2D eigenvalue weighted by atomic mass is 16.5. The maximum Gasteiger partial charge on any atom is 0.338 e. The van der Waals surface area contributed by atoms with E-state index in [4.69, 9.17) is 4.74 Å². The van der Waals surface area contributed by atoms with Gasteiger partial charge in [-0.3, -0.25) is 9.59 Å². The Bertz CT molecular complexity index is 877. The molecule has 0 aliphatic carbocycles. The smallest absolute Gasteiger partial charge is 0.338 e. The van der Waals surface area contributed by atoms with Crippen molar-refractivity contribution in [2.45, 2.75) is 12.8 Å². The predicted molar refractivity (Wildman–Crippen MR) is 108 cm³/mol. The van der Waals surface area contributed by atoms with E-state index in [1.165, 1.54) is 0 Å². The molecule has 1 aliphatic heterocycles. The number of rotatable bonds is 6. The third-order valence-electron chi connectivity index (χ3n) is 4.47. The van der Waals surface area contributed by atoms with Gasteiger partial charge in [-0.25, -0.2) is 4.79 Å². The second-order valence-electron chi connectivity index (χ2n) is 6.76. The molecule has 0 bridgehead atoms. The molecule has 146 valence electrons. The van der Waals surface area contributed by atoms with Crippen LogP contribution < -0.4 is 15.1 Å². The van der Waals surface area contributed by atoms with Crippen molar-refractivity contribution >= 4 is 34.8 Å². The number of benzene rings is 2. The Hall–Kier alpha value is -3.35. The fraction of sp³-hybridized carbons (Fsp3) is 0.286. The number of esters is 1. The fourth-order valence-electron chi connectivity index (χ4n) is 2.98. The van der Waals surface area contributed by atoms with Gasteiger partial charge in [0.2, 0.25) is 5.91 Å². The second kappa shape index (κ2) is 8.56. The average Bonchev–Trinajstić information content (AvgIpc) is 3.12. The molecule has 0 aromatic heterocycles. The average molecular weight is 381 g/mol. The van der Waals surface area contributed by atoms with Gasteiger partial charge < -0.3 is 19.9 Å². The Labute approximate surface area is 163 Å². The van der Waals surface area contributed by atoms with Crippen LogP contribution in [0.15, 0.2) is 48.5 Å². The lowest BCUT2D eigenvalue weighted by atomic mass is 10.2. The van der Waals surface area contributed by atoms with Crippen molar-refractivity contribution in [1.82, 2.24) is 0 Å². The molecular formula is C21H23N3O4. The van der Waals surface area contributed by atoms with Gasteiger partial charge in [-0.15, -0.1) is 0 Å². The lowest BCUT2D eigenvalue weighted by Crippen LogP contribution is -2.24. The molecule has 1 fully saturated rings. The predicted octanol–water partition coefficient (Wildman–Crippen LogP) is 2.67. The molecule has 0 spiro atoms. The standard InChI is InChI=1S/C21H23N3O4/c1-23(2)17-10-8-15(9-11-17)21(27)28-14-19(25)22-16-5-3-6-18(13-16)24-12-4-7-20(24)26/h3,5-6,8-11,13H,4,7,12,14H2,1-2H3,(H,22,25). The van der Waals surface area contributed by atoms with E-state index in [-0.39, 0.29) is 12.5 Å². The summed E-state index contributed by atoms with van der Waals surface area (Å²) in [6, 6.07) is 14.0. The van der Waals surface area contributed by atoms with Gasteiger partial charge in [-0.2, -0.15) is 0 Å². The van der Waals surface area contributed by atoms with Crippen LogP contribution in [0.3, 0.4) is 0 Å². The number of nitrogens with zero attached hydrogens (tertiary/aromatic N) is 2. The number of hydrogen-bond acceptors (Lipinski definition) is 5. The molecule has 1 N–H and O–H groups in total. The number of anilines is 3. The SMILES string of the molecule is CN(C)c1ccc(C(=O)OCC(=O)Nc2cccc(N3CCCC3=O)c2)cc1. The number of amides is 2. The van der Waals surface area contributed by atoms with Gasteiger partial charge >= 0.3 is 5.97 Å². The van der Waals surface area contributed by atoms with Crippen LogP contribution in [0.4, 0.5) is 17.1 Å². The summed E-state index contributed by atoms with van der Waals surface area (Å²) in [5.41, 5.74) is 2.64. The lowest BCUT2D eigenvalue weighted by molar-refractivity contribution is -0.119. The molecule has 3 rings (SSSR count). The lowest BCUT2D eigenvalue weighted by Gasteiger charge is -2.16. The van der Waals surface area contributed by atoms with Crippen LogP contribution in [-0.2, 0) is 14.3 Å². The van der Waals surface area contributed by atoms with Gasteiger partial charge in [0.25, 0.3) is 5.91 Å². The van der Waals surface area contributed by atoms with Crippen LogP contribution in [0.2, 0.25) is 0 Å². The van der Waals surface area contributed by atoms with E-state index in [0.717, 1.165) is 17.8 Å². The third-order valence-corrected chi connectivity index (χ3v) is 4.47. The van der Waals surface area contributed by atoms with E-state index < -0.39 is 11.9 Å². The first-order valence-corrected chi connectivity index (χ1v) is 9.09. The molecule has 0 saturated carbocycles. The molecule has 0 atom stereocenters. The number of carbonyl (C=O) groups is 3. The first-order chi connectivity index (χ1) is 13.4. The van der Waals surface area contributed by atoms with Gasteiger partial charge in [0, 0.05) is 44.1 Å². The van der Waals surface area contributed by atoms with Crippen LogP contribution in [0.1, 0.15) is 23.2 Å². The van der Waals surface area contributed by atoms with Gasteiger partial charge in [0.05, 0.1) is 5.56 Å². The molecule has 7 nitrogen and oxygen atoms in total. The summed E-state index contributed by atoms with van der Waals surface area (Å²) < 4.78 is 5.08. The van der Waals surface area contributed by atoms with Crippen LogP contribution >= 0.6 is 0 Å². The summed E-state index contributed by atoms with van der Waals surface area (Å²) in [5.74, 6) is -0.919. The van der Waals surface area contributed by atoms with Crippen LogP contribution in [0.25, 0.3) is 0 Å². The van der Waals surface area contributed by atoms with Crippen molar-refractivity contribution in [2.75, 3.05) is 42.4 Å². The number of carbonyl (C=O) groups excluding carboxylic acids is 3. The summed E-state index contributed by atoms with van der Waals surface area (Å²) in [7, 11) is 3.82. The zero-order valence-corrected chi connectivity index (χ0v) is 16.0. The van der Waals surface area contributed by atoms with Crippen LogP contribution in [-0.4, -0.2) is 45.0 Å². The van der Waals surface area contributed by atoms with Crippen molar-refractivity contribution in [3.05, 3.63) is 54.1 Å². The monoisotopic (exact) mass is 381 g/mol. The molecule has 2 amide bonds. The largest absolute Gasteiger partial charge is 0.452 e. The molecule has 2 aromatic carbocycles. The van der Waals surface area contributed by atoms with E-state index in [1.54, 1.807) is 35.2 Å².